The van der Waals surface area contributed by atoms with Crippen LogP contribution in [-0.2, 0) is 0 Å². The van der Waals surface area contributed by atoms with Crippen LogP contribution in [0, 0.1) is 18.8 Å². The first kappa shape index (κ1) is 14.4. The molecule has 106 valence electrons. The van der Waals surface area contributed by atoms with Crippen molar-refractivity contribution in [1.82, 2.24) is 5.32 Å². The van der Waals surface area contributed by atoms with E-state index in [0.29, 0.717) is 13.2 Å². The van der Waals surface area contributed by atoms with Gasteiger partial charge in [-0.3, -0.25) is 0 Å². The second kappa shape index (κ2) is 6.92. The third-order valence-electron chi connectivity index (χ3n) is 3.80. The smallest absolute Gasteiger partial charge is 0.122 e. The molecule has 1 aliphatic carbocycles. The third-order valence-corrected chi connectivity index (χ3v) is 3.80. The maximum absolute atomic E-state index is 9.88. The number of rotatable bonds is 8. The first-order valence-corrected chi connectivity index (χ1v) is 7.24. The SMILES string of the molecule is Cc1ccccc1OCC(O)CNCC(C)C1CC1. The Balaban J connectivity index is 1.61. The maximum atomic E-state index is 9.88. The van der Waals surface area contributed by atoms with Gasteiger partial charge in [-0.25, -0.2) is 0 Å². The first-order valence-electron chi connectivity index (χ1n) is 7.24. The van der Waals surface area contributed by atoms with Gasteiger partial charge in [0.2, 0.25) is 0 Å². The van der Waals surface area contributed by atoms with E-state index in [1.807, 2.05) is 31.2 Å². The van der Waals surface area contributed by atoms with E-state index in [-0.39, 0.29) is 0 Å². The second-order valence-corrected chi connectivity index (χ2v) is 5.70. The van der Waals surface area contributed by atoms with Crippen LogP contribution < -0.4 is 10.1 Å². The summed E-state index contributed by atoms with van der Waals surface area (Å²) in [7, 11) is 0. The molecule has 2 unspecified atom stereocenters. The lowest BCUT2D eigenvalue weighted by Crippen LogP contribution is -2.34. The van der Waals surface area contributed by atoms with Gasteiger partial charge >= 0.3 is 0 Å². The van der Waals surface area contributed by atoms with Crippen molar-refractivity contribution in [3.63, 3.8) is 0 Å². The normalized spacial score (nSPS) is 18.1. The Kier molecular flexibility index (Phi) is 5.23. The standard InChI is InChI=1S/C16H25NO2/c1-12-5-3-4-6-16(12)19-11-15(18)10-17-9-13(2)14-7-8-14/h3-6,13-15,17-18H,7-11H2,1-2H3. The molecule has 0 amide bonds. The lowest BCUT2D eigenvalue weighted by molar-refractivity contribution is 0.105. The molecule has 2 rings (SSSR count). The Morgan fingerprint density at radius 1 is 1.32 bits per heavy atom. The molecular formula is C16H25NO2. The summed E-state index contributed by atoms with van der Waals surface area (Å²) >= 11 is 0. The van der Waals surface area contributed by atoms with Crippen molar-refractivity contribution < 1.29 is 9.84 Å². The largest absolute Gasteiger partial charge is 0.491 e. The molecule has 0 bridgehead atoms. The van der Waals surface area contributed by atoms with Crippen LogP contribution >= 0.6 is 0 Å². The molecule has 2 N–H and O–H groups in total. The molecule has 0 aliphatic heterocycles. The Morgan fingerprint density at radius 3 is 2.74 bits per heavy atom. The van der Waals surface area contributed by atoms with Crippen LogP contribution in [-0.4, -0.2) is 30.9 Å². The minimum atomic E-state index is -0.453. The molecule has 0 spiro atoms. The van der Waals surface area contributed by atoms with E-state index in [2.05, 4.69) is 12.2 Å². The number of nitrogens with one attached hydrogen (secondary N) is 1. The minimum Gasteiger partial charge on any atom is -0.491 e. The van der Waals surface area contributed by atoms with Crippen molar-refractivity contribution in [2.75, 3.05) is 19.7 Å². The number of hydrogen-bond acceptors (Lipinski definition) is 3. The van der Waals surface area contributed by atoms with Gasteiger partial charge in [-0.05, 0) is 49.8 Å². The van der Waals surface area contributed by atoms with E-state index in [1.165, 1.54) is 12.8 Å². The highest BCUT2D eigenvalue weighted by atomic mass is 16.5. The van der Waals surface area contributed by atoms with E-state index in [1.54, 1.807) is 0 Å². The van der Waals surface area contributed by atoms with Crippen molar-refractivity contribution >= 4 is 0 Å². The molecule has 2 atom stereocenters. The summed E-state index contributed by atoms with van der Waals surface area (Å²) in [6.07, 6.45) is 2.30. The van der Waals surface area contributed by atoms with Gasteiger partial charge in [-0.2, -0.15) is 0 Å². The molecule has 0 aromatic heterocycles. The van der Waals surface area contributed by atoms with Crippen molar-refractivity contribution in [2.45, 2.75) is 32.8 Å². The Hall–Kier alpha value is -1.06. The number of ether oxygens (including phenoxy) is 1. The van der Waals surface area contributed by atoms with Crippen molar-refractivity contribution in [1.29, 1.82) is 0 Å². The van der Waals surface area contributed by atoms with Crippen LogP contribution in [0.25, 0.3) is 0 Å². The lowest BCUT2D eigenvalue weighted by Gasteiger charge is -2.16. The van der Waals surface area contributed by atoms with Crippen LogP contribution in [0.15, 0.2) is 24.3 Å². The molecule has 1 aromatic carbocycles. The average Bonchev–Trinajstić information content (AvgIpc) is 3.22. The molecular weight excluding hydrogens is 238 g/mol. The van der Waals surface area contributed by atoms with E-state index < -0.39 is 6.10 Å². The number of para-hydroxylation sites is 1. The molecule has 1 aliphatic rings. The topological polar surface area (TPSA) is 41.5 Å². The summed E-state index contributed by atoms with van der Waals surface area (Å²) in [4.78, 5) is 0. The highest BCUT2D eigenvalue weighted by molar-refractivity contribution is 5.31. The van der Waals surface area contributed by atoms with Gasteiger partial charge < -0.3 is 15.2 Å². The van der Waals surface area contributed by atoms with Crippen molar-refractivity contribution in [3.05, 3.63) is 29.8 Å². The molecule has 3 nitrogen and oxygen atoms in total. The number of benzene rings is 1. The van der Waals surface area contributed by atoms with Crippen molar-refractivity contribution in [2.24, 2.45) is 11.8 Å². The van der Waals surface area contributed by atoms with Gasteiger partial charge in [0.05, 0.1) is 0 Å². The average molecular weight is 263 g/mol. The van der Waals surface area contributed by atoms with E-state index in [0.717, 1.165) is 29.7 Å². The van der Waals surface area contributed by atoms with Gasteiger partial charge in [0.1, 0.15) is 18.5 Å². The summed E-state index contributed by atoms with van der Waals surface area (Å²) < 4.78 is 5.63. The highest BCUT2D eigenvalue weighted by Crippen LogP contribution is 2.35. The van der Waals surface area contributed by atoms with E-state index >= 15 is 0 Å². The zero-order valence-corrected chi connectivity index (χ0v) is 11.9. The van der Waals surface area contributed by atoms with Crippen LogP contribution in [0.5, 0.6) is 5.75 Å². The van der Waals surface area contributed by atoms with E-state index in [9.17, 15) is 5.11 Å². The fourth-order valence-corrected chi connectivity index (χ4v) is 2.27. The van der Waals surface area contributed by atoms with Crippen LogP contribution in [0.2, 0.25) is 0 Å². The molecule has 0 radical (unpaired) electrons. The fourth-order valence-electron chi connectivity index (χ4n) is 2.27. The number of hydrogen-bond donors (Lipinski definition) is 2. The third kappa shape index (κ3) is 4.84. The monoisotopic (exact) mass is 263 g/mol. The summed E-state index contributed by atoms with van der Waals surface area (Å²) in [5.41, 5.74) is 1.10. The summed E-state index contributed by atoms with van der Waals surface area (Å²) in [6.45, 7) is 6.23. The Bertz CT molecular complexity index is 390. The lowest BCUT2D eigenvalue weighted by atomic mass is 10.1. The minimum absolute atomic E-state index is 0.343. The summed E-state index contributed by atoms with van der Waals surface area (Å²) in [6, 6.07) is 7.88. The summed E-state index contributed by atoms with van der Waals surface area (Å²) in [5, 5.41) is 13.2. The van der Waals surface area contributed by atoms with Gasteiger partial charge in [0, 0.05) is 6.54 Å². The quantitative estimate of drug-likeness (QED) is 0.756. The van der Waals surface area contributed by atoms with E-state index in [4.69, 9.17) is 4.74 Å². The molecule has 1 aromatic rings. The molecule has 19 heavy (non-hydrogen) atoms. The maximum Gasteiger partial charge on any atom is 0.122 e. The summed E-state index contributed by atoms with van der Waals surface area (Å²) in [5.74, 6) is 2.49. The zero-order valence-electron chi connectivity index (χ0n) is 11.9. The van der Waals surface area contributed by atoms with Gasteiger partial charge in [0.15, 0.2) is 0 Å². The van der Waals surface area contributed by atoms with Gasteiger partial charge in [0.25, 0.3) is 0 Å². The predicted molar refractivity (Wildman–Crippen MR) is 77.4 cm³/mol. The predicted octanol–water partition coefficient (Wildman–Crippen LogP) is 2.37. The zero-order chi connectivity index (χ0) is 13.7. The molecule has 0 saturated heterocycles. The fraction of sp³-hybridized carbons (Fsp3) is 0.625. The highest BCUT2D eigenvalue weighted by Gasteiger charge is 2.27. The second-order valence-electron chi connectivity index (χ2n) is 5.70. The molecule has 1 saturated carbocycles. The number of aryl methyl sites for hydroxylation is 1. The van der Waals surface area contributed by atoms with Crippen LogP contribution in [0.3, 0.4) is 0 Å². The number of aliphatic hydroxyl groups excluding tert-OH is 1. The first-order chi connectivity index (χ1) is 9.16. The molecule has 1 fully saturated rings. The Morgan fingerprint density at radius 2 is 2.05 bits per heavy atom. The number of aliphatic hydroxyl groups is 1. The molecule has 0 heterocycles. The van der Waals surface area contributed by atoms with Crippen molar-refractivity contribution in [3.8, 4) is 5.75 Å². The Labute approximate surface area is 116 Å². The van der Waals surface area contributed by atoms with Crippen LogP contribution in [0.1, 0.15) is 25.3 Å². The van der Waals surface area contributed by atoms with Gasteiger partial charge in [-0.1, -0.05) is 25.1 Å². The van der Waals surface area contributed by atoms with Gasteiger partial charge in [-0.15, -0.1) is 0 Å². The molecule has 3 heteroatoms. The van der Waals surface area contributed by atoms with Crippen LogP contribution in [0.4, 0.5) is 0 Å².